The largest absolute Gasteiger partial charge is 0.493 e. The molecule has 0 fully saturated rings. The van der Waals surface area contributed by atoms with E-state index >= 15 is 0 Å². The Balaban J connectivity index is 2.31. The molecule has 0 saturated carbocycles. The molecule has 2 rings (SSSR count). The summed E-state index contributed by atoms with van der Waals surface area (Å²) in [5.74, 6) is -0.448. The van der Waals surface area contributed by atoms with Crippen molar-refractivity contribution in [3.05, 3.63) is 64.7 Å². The zero-order valence-corrected chi connectivity index (χ0v) is 14.9. The maximum Gasteiger partial charge on any atom is 0.339 e. The molecule has 0 aromatic heterocycles. The predicted octanol–water partition coefficient (Wildman–Crippen LogP) is 4.87. The summed E-state index contributed by atoms with van der Waals surface area (Å²) in [7, 11) is 0. The number of carboxylic acids is 1. The van der Waals surface area contributed by atoms with Crippen molar-refractivity contribution < 1.29 is 14.6 Å². The highest BCUT2D eigenvalue weighted by Crippen LogP contribution is 2.29. The molecule has 0 atom stereocenters. The van der Waals surface area contributed by atoms with Crippen LogP contribution in [0.15, 0.2) is 42.5 Å². The Morgan fingerprint density at radius 2 is 1.62 bits per heavy atom. The number of para-hydroxylation sites is 1. The highest BCUT2D eigenvalue weighted by molar-refractivity contribution is 5.91. The molecule has 0 aliphatic carbocycles. The van der Waals surface area contributed by atoms with E-state index < -0.39 is 5.97 Å². The molecule has 0 heterocycles. The Hall–Kier alpha value is -2.29. The quantitative estimate of drug-likeness (QED) is 0.824. The summed E-state index contributed by atoms with van der Waals surface area (Å²) in [6.45, 7) is 8.96. The number of aryl methyl sites for hydroxylation is 2. The van der Waals surface area contributed by atoms with E-state index in [2.05, 4.69) is 45.0 Å². The van der Waals surface area contributed by atoms with Crippen molar-refractivity contribution in [2.24, 2.45) is 0 Å². The topological polar surface area (TPSA) is 46.5 Å². The number of ether oxygens (including phenoxy) is 1. The third-order valence-corrected chi connectivity index (χ3v) is 4.10. The monoisotopic (exact) mass is 326 g/mol. The van der Waals surface area contributed by atoms with Gasteiger partial charge in [-0.15, -0.1) is 0 Å². The third-order valence-electron chi connectivity index (χ3n) is 4.10. The Morgan fingerprint density at radius 1 is 1.00 bits per heavy atom. The van der Waals surface area contributed by atoms with Crippen molar-refractivity contribution in [1.82, 2.24) is 0 Å². The van der Waals surface area contributed by atoms with E-state index in [0.29, 0.717) is 12.4 Å². The molecule has 0 saturated heterocycles. The lowest BCUT2D eigenvalue weighted by molar-refractivity contribution is 0.0692. The Kier molecular flexibility index (Phi) is 5.66. The van der Waals surface area contributed by atoms with Crippen LogP contribution in [0.4, 0.5) is 0 Å². The summed E-state index contributed by atoms with van der Waals surface area (Å²) in [5, 5.41) is 9.37. The van der Waals surface area contributed by atoms with E-state index in [1.54, 1.807) is 12.1 Å². The molecule has 0 unspecified atom stereocenters. The van der Waals surface area contributed by atoms with Gasteiger partial charge in [0.1, 0.15) is 11.3 Å². The van der Waals surface area contributed by atoms with Crippen molar-refractivity contribution in [2.75, 3.05) is 6.61 Å². The smallest absolute Gasteiger partial charge is 0.339 e. The molecule has 3 nitrogen and oxygen atoms in total. The maximum atomic E-state index is 11.4. The van der Waals surface area contributed by atoms with E-state index in [1.165, 1.54) is 11.1 Å². The highest BCUT2D eigenvalue weighted by atomic mass is 16.5. The molecular weight excluding hydrogens is 300 g/mol. The van der Waals surface area contributed by atoms with E-state index in [1.807, 2.05) is 13.0 Å². The van der Waals surface area contributed by atoms with Gasteiger partial charge in [-0.05, 0) is 47.9 Å². The molecule has 0 aliphatic heterocycles. The molecule has 0 bridgehead atoms. The van der Waals surface area contributed by atoms with E-state index in [0.717, 1.165) is 18.4 Å². The Bertz CT molecular complexity index is 711. The van der Waals surface area contributed by atoms with Crippen LogP contribution < -0.4 is 4.74 Å². The second-order valence-corrected chi connectivity index (χ2v) is 6.94. The number of hydrogen-bond acceptors (Lipinski definition) is 2. The zero-order valence-electron chi connectivity index (χ0n) is 14.9. The van der Waals surface area contributed by atoms with Gasteiger partial charge in [-0.1, -0.05) is 57.2 Å². The molecule has 1 N–H and O–H groups in total. The number of rotatable bonds is 6. The van der Waals surface area contributed by atoms with Crippen molar-refractivity contribution in [1.29, 1.82) is 0 Å². The van der Waals surface area contributed by atoms with Crippen molar-refractivity contribution in [2.45, 2.75) is 46.0 Å². The fourth-order valence-corrected chi connectivity index (χ4v) is 3.00. The Labute approximate surface area is 144 Å². The molecule has 0 aliphatic rings. The number of carboxylic acid groups (broad SMARTS) is 1. The molecular formula is C21H26O3. The van der Waals surface area contributed by atoms with Crippen LogP contribution in [0.5, 0.6) is 5.75 Å². The summed E-state index contributed by atoms with van der Waals surface area (Å²) in [6.07, 6.45) is 1.61. The fourth-order valence-electron chi connectivity index (χ4n) is 3.00. The highest BCUT2D eigenvalue weighted by Gasteiger charge is 2.19. The number of carbonyl (C=O) groups is 1. The van der Waals surface area contributed by atoms with Gasteiger partial charge in [0.25, 0.3) is 0 Å². The number of hydrogen-bond donors (Lipinski definition) is 1. The molecule has 0 spiro atoms. The van der Waals surface area contributed by atoms with Gasteiger partial charge in [-0.2, -0.15) is 0 Å². The first-order valence-corrected chi connectivity index (χ1v) is 8.41. The standard InChI is InChI=1S/C21H26O3/c1-5-24-19-16(10-8-11-17(19)20(22)23)14-13-15-9-6-7-12-18(15)21(2,3)4/h6-12H,5,13-14H2,1-4H3,(H,22,23). The minimum atomic E-state index is -0.949. The molecule has 0 amide bonds. The molecule has 2 aromatic carbocycles. The minimum absolute atomic E-state index is 0.0856. The van der Waals surface area contributed by atoms with Crippen LogP contribution in [-0.2, 0) is 18.3 Å². The van der Waals surface area contributed by atoms with Crippen LogP contribution in [0.2, 0.25) is 0 Å². The second kappa shape index (κ2) is 7.52. The van der Waals surface area contributed by atoms with Gasteiger partial charge in [-0.3, -0.25) is 0 Å². The molecule has 128 valence electrons. The lowest BCUT2D eigenvalue weighted by Gasteiger charge is -2.23. The SMILES string of the molecule is CCOc1c(CCc2ccccc2C(C)(C)C)cccc1C(=O)O. The van der Waals surface area contributed by atoms with Gasteiger partial charge >= 0.3 is 5.97 Å². The molecule has 2 aromatic rings. The summed E-state index contributed by atoms with van der Waals surface area (Å²) in [4.78, 5) is 11.4. The van der Waals surface area contributed by atoms with Crippen LogP contribution in [0, 0.1) is 0 Å². The second-order valence-electron chi connectivity index (χ2n) is 6.94. The maximum absolute atomic E-state index is 11.4. The molecule has 3 heteroatoms. The first-order valence-electron chi connectivity index (χ1n) is 8.41. The van der Waals surface area contributed by atoms with E-state index in [9.17, 15) is 9.90 Å². The predicted molar refractivity (Wildman–Crippen MR) is 97.1 cm³/mol. The van der Waals surface area contributed by atoms with Crippen molar-refractivity contribution in [3.63, 3.8) is 0 Å². The summed E-state index contributed by atoms with van der Waals surface area (Å²) in [5.41, 5.74) is 3.90. The molecule has 24 heavy (non-hydrogen) atoms. The van der Waals surface area contributed by atoms with Crippen LogP contribution in [0.1, 0.15) is 54.7 Å². The fraction of sp³-hybridized carbons (Fsp3) is 0.381. The van der Waals surface area contributed by atoms with Gasteiger partial charge < -0.3 is 9.84 Å². The first kappa shape index (κ1) is 18.1. The lowest BCUT2D eigenvalue weighted by Crippen LogP contribution is -2.14. The minimum Gasteiger partial charge on any atom is -0.493 e. The van der Waals surface area contributed by atoms with Crippen LogP contribution in [0.3, 0.4) is 0 Å². The van der Waals surface area contributed by atoms with Gasteiger partial charge in [0, 0.05) is 0 Å². The average molecular weight is 326 g/mol. The van der Waals surface area contributed by atoms with Crippen LogP contribution in [-0.4, -0.2) is 17.7 Å². The third kappa shape index (κ3) is 4.16. The average Bonchev–Trinajstić information content (AvgIpc) is 2.53. The van der Waals surface area contributed by atoms with Gasteiger partial charge in [0.15, 0.2) is 0 Å². The van der Waals surface area contributed by atoms with Gasteiger partial charge in [0.05, 0.1) is 6.61 Å². The van der Waals surface area contributed by atoms with E-state index in [-0.39, 0.29) is 11.0 Å². The van der Waals surface area contributed by atoms with Gasteiger partial charge in [-0.25, -0.2) is 4.79 Å². The zero-order chi connectivity index (χ0) is 17.7. The van der Waals surface area contributed by atoms with Crippen LogP contribution in [0.25, 0.3) is 0 Å². The van der Waals surface area contributed by atoms with Crippen LogP contribution >= 0.6 is 0 Å². The van der Waals surface area contributed by atoms with E-state index in [4.69, 9.17) is 4.74 Å². The lowest BCUT2D eigenvalue weighted by atomic mass is 9.82. The summed E-state index contributed by atoms with van der Waals surface area (Å²) < 4.78 is 5.63. The number of benzene rings is 2. The normalized spacial score (nSPS) is 11.3. The number of aromatic carboxylic acids is 1. The molecule has 0 radical (unpaired) electrons. The Morgan fingerprint density at radius 3 is 2.25 bits per heavy atom. The van der Waals surface area contributed by atoms with Crippen molar-refractivity contribution in [3.8, 4) is 5.75 Å². The van der Waals surface area contributed by atoms with Crippen molar-refractivity contribution >= 4 is 5.97 Å². The first-order chi connectivity index (χ1) is 11.3. The summed E-state index contributed by atoms with van der Waals surface area (Å²) in [6, 6.07) is 13.8. The summed E-state index contributed by atoms with van der Waals surface area (Å²) >= 11 is 0. The van der Waals surface area contributed by atoms with Gasteiger partial charge in [0.2, 0.25) is 0 Å².